The van der Waals surface area contributed by atoms with Crippen LogP contribution in [0, 0.1) is 5.92 Å². The van der Waals surface area contributed by atoms with Crippen molar-refractivity contribution >= 4 is 17.5 Å². The first-order valence-corrected chi connectivity index (χ1v) is 11.3. The number of piperidine rings is 1. The van der Waals surface area contributed by atoms with E-state index in [9.17, 15) is 4.79 Å². The lowest BCUT2D eigenvalue weighted by atomic mass is 10.0. The van der Waals surface area contributed by atoms with Gasteiger partial charge in [0.25, 0.3) is 0 Å². The number of carbonyl (C=O) groups excluding carboxylic acids is 1. The van der Waals surface area contributed by atoms with Gasteiger partial charge in [0, 0.05) is 45.2 Å². The first-order chi connectivity index (χ1) is 13.7. The molecule has 1 aliphatic carbocycles. The molecule has 1 atom stereocenters. The number of hydrogen-bond acceptors (Lipinski definition) is 5. The number of anilines is 2. The second-order valence-electron chi connectivity index (χ2n) is 8.84. The van der Waals surface area contributed by atoms with E-state index in [0.717, 1.165) is 63.1 Å². The topological polar surface area (TPSA) is 52.6 Å². The van der Waals surface area contributed by atoms with Crippen molar-refractivity contribution in [2.75, 3.05) is 42.5 Å². The van der Waals surface area contributed by atoms with Crippen molar-refractivity contribution in [1.29, 1.82) is 0 Å². The molecule has 1 aromatic heterocycles. The molecule has 0 unspecified atom stereocenters. The minimum atomic E-state index is 0.340. The number of carbonyl (C=O) groups is 1. The van der Waals surface area contributed by atoms with Crippen LogP contribution < -0.4 is 9.80 Å². The van der Waals surface area contributed by atoms with Gasteiger partial charge in [0.2, 0.25) is 5.91 Å². The molecule has 0 spiro atoms. The molecule has 1 amide bonds. The van der Waals surface area contributed by atoms with Gasteiger partial charge in [-0.1, -0.05) is 25.7 Å². The standard InChI is InChI=1S/C22H35N5O/c1-18-6-4-5-13-27(18)21-11-10-20(23-24-21)25-14-16-26(17-15-25)22(28)12-9-19-7-2-3-8-19/h10-11,18-19H,2-9,12-17H2,1H3/t18-/m0/s1. The van der Waals surface area contributed by atoms with Crippen LogP contribution >= 0.6 is 0 Å². The fourth-order valence-electron chi connectivity index (χ4n) is 5.05. The molecular weight excluding hydrogens is 350 g/mol. The zero-order chi connectivity index (χ0) is 19.3. The highest BCUT2D eigenvalue weighted by Gasteiger charge is 2.24. The fraction of sp³-hybridized carbons (Fsp3) is 0.773. The molecule has 154 valence electrons. The maximum atomic E-state index is 12.5. The summed E-state index contributed by atoms with van der Waals surface area (Å²) in [6.07, 6.45) is 11.0. The lowest BCUT2D eigenvalue weighted by Crippen LogP contribution is -2.49. The highest BCUT2D eigenvalue weighted by molar-refractivity contribution is 5.76. The van der Waals surface area contributed by atoms with Gasteiger partial charge in [-0.3, -0.25) is 4.79 Å². The van der Waals surface area contributed by atoms with Crippen LogP contribution in [0.15, 0.2) is 12.1 Å². The summed E-state index contributed by atoms with van der Waals surface area (Å²) >= 11 is 0. The normalized spacial score (nSPS) is 24.0. The molecule has 2 saturated heterocycles. The molecule has 1 saturated carbocycles. The Labute approximate surface area is 169 Å². The number of amides is 1. The molecule has 0 bridgehead atoms. The smallest absolute Gasteiger partial charge is 0.222 e. The maximum Gasteiger partial charge on any atom is 0.222 e. The van der Waals surface area contributed by atoms with Crippen molar-refractivity contribution in [2.45, 2.75) is 70.8 Å². The molecule has 6 heteroatoms. The van der Waals surface area contributed by atoms with Crippen molar-refractivity contribution in [2.24, 2.45) is 5.92 Å². The van der Waals surface area contributed by atoms with Crippen LogP contribution in [0.4, 0.5) is 11.6 Å². The summed E-state index contributed by atoms with van der Waals surface area (Å²) < 4.78 is 0. The van der Waals surface area contributed by atoms with E-state index in [2.05, 4.69) is 39.1 Å². The van der Waals surface area contributed by atoms with Gasteiger partial charge in [0.1, 0.15) is 0 Å². The van der Waals surface area contributed by atoms with Gasteiger partial charge < -0.3 is 14.7 Å². The van der Waals surface area contributed by atoms with Crippen molar-refractivity contribution in [3.05, 3.63) is 12.1 Å². The summed E-state index contributed by atoms with van der Waals surface area (Å²) in [7, 11) is 0. The zero-order valence-corrected chi connectivity index (χ0v) is 17.4. The highest BCUT2D eigenvalue weighted by atomic mass is 16.2. The Morgan fingerprint density at radius 2 is 1.61 bits per heavy atom. The number of hydrogen-bond donors (Lipinski definition) is 0. The van der Waals surface area contributed by atoms with E-state index in [1.54, 1.807) is 0 Å². The third-order valence-electron chi connectivity index (χ3n) is 6.93. The van der Waals surface area contributed by atoms with E-state index in [1.807, 2.05) is 4.90 Å². The van der Waals surface area contributed by atoms with E-state index in [4.69, 9.17) is 0 Å². The largest absolute Gasteiger partial charge is 0.352 e. The molecule has 0 aromatic carbocycles. The number of nitrogens with zero attached hydrogens (tertiary/aromatic N) is 5. The van der Waals surface area contributed by atoms with Crippen molar-refractivity contribution < 1.29 is 4.79 Å². The quantitative estimate of drug-likeness (QED) is 0.777. The molecule has 3 aliphatic rings. The summed E-state index contributed by atoms with van der Waals surface area (Å²) in [6.45, 7) is 6.66. The van der Waals surface area contributed by atoms with E-state index in [-0.39, 0.29) is 0 Å². The first kappa shape index (κ1) is 19.5. The minimum absolute atomic E-state index is 0.340. The Morgan fingerprint density at radius 1 is 0.929 bits per heavy atom. The van der Waals surface area contributed by atoms with E-state index in [0.29, 0.717) is 11.9 Å². The molecule has 6 nitrogen and oxygen atoms in total. The Bertz CT molecular complexity index is 635. The molecule has 0 radical (unpaired) electrons. The van der Waals surface area contributed by atoms with Crippen molar-refractivity contribution in [3.63, 3.8) is 0 Å². The predicted molar refractivity (Wildman–Crippen MR) is 113 cm³/mol. The highest BCUT2D eigenvalue weighted by Crippen LogP contribution is 2.29. The molecular formula is C22H35N5O. The van der Waals surface area contributed by atoms with E-state index >= 15 is 0 Å². The minimum Gasteiger partial charge on any atom is -0.352 e. The van der Waals surface area contributed by atoms with Crippen LogP contribution in [-0.2, 0) is 4.79 Å². The maximum absolute atomic E-state index is 12.5. The Morgan fingerprint density at radius 3 is 2.29 bits per heavy atom. The third kappa shape index (κ3) is 4.58. The van der Waals surface area contributed by atoms with Crippen LogP contribution in [-0.4, -0.2) is 59.8 Å². The van der Waals surface area contributed by atoms with Crippen LogP contribution in [0.3, 0.4) is 0 Å². The van der Waals surface area contributed by atoms with Crippen molar-refractivity contribution in [1.82, 2.24) is 15.1 Å². The Balaban J connectivity index is 1.25. The van der Waals surface area contributed by atoms with Crippen LogP contribution in [0.5, 0.6) is 0 Å². The lowest BCUT2D eigenvalue weighted by Gasteiger charge is -2.36. The van der Waals surface area contributed by atoms with Gasteiger partial charge in [0.15, 0.2) is 11.6 Å². The average molecular weight is 386 g/mol. The predicted octanol–water partition coefficient (Wildman–Crippen LogP) is 3.47. The fourth-order valence-corrected chi connectivity index (χ4v) is 5.05. The van der Waals surface area contributed by atoms with Gasteiger partial charge in [-0.05, 0) is 50.7 Å². The van der Waals surface area contributed by atoms with Gasteiger partial charge in [-0.25, -0.2) is 0 Å². The van der Waals surface area contributed by atoms with Gasteiger partial charge in [0.05, 0.1) is 0 Å². The monoisotopic (exact) mass is 385 g/mol. The number of piperazine rings is 1. The van der Waals surface area contributed by atoms with Gasteiger partial charge >= 0.3 is 0 Å². The van der Waals surface area contributed by atoms with E-state index in [1.165, 1.54) is 44.9 Å². The molecule has 0 N–H and O–H groups in total. The summed E-state index contributed by atoms with van der Waals surface area (Å²) in [5.74, 6) is 3.07. The van der Waals surface area contributed by atoms with Crippen LogP contribution in [0.25, 0.3) is 0 Å². The first-order valence-electron chi connectivity index (χ1n) is 11.3. The molecule has 4 rings (SSSR count). The summed E-state index contributed by atoms with van der Waals surface area (Å²) in [4.78, 5) is 19.2. The number of aromatic nitrogens is 2. The second-order valence-corrected chi connectivity index (χ2v) is 8.84. The Kier molecular flexibility index (Phi) is 6.33. The van der Waals surface area contributed by atoms with Crippen LogP contribution in [0.1, 0.15) is 64.7 Å². The molecule has 28 heavy (non-hydrogen) atoms. The average Bonchev–Trinajstić information content (AvgIpc) is 3.26. The molecule has 1 aromatic rings. The third-order valence-corrected chi connectivity index (χ3v) is 6.93. The summed E-state index contributed by atoms with van der Waals surface area (Å²) in [6, 6.07) is 4.76. The van der Waals surface area contributed by atoms with Gasteiger partial charge in [-0.15, -0.1) is 10.2 Å². The van der Waals surface area contributed by atoms with E-state index < -0.39 is 0 Å². The number of rotatable bonds is 5. The zero-order valence-electron chi connectivity index (χ0n) is 17.4. The SMILES string of the molecule is C[C@H]1CCCCN1c1ccc(N2CCN(C(=O)CCC3CCCC3)CC2)nn1. The second kappa shape index (κ2) is 9.10. The summed E-state index contributed by atoms with van der Waals surface area (Å²) in [5.41, 5.74) is 0. The van der Waals surface area contributed by atoms with Crippen LogP contribution in [0.2, 0.25) is 0 Å². The Hall–Kier alpha value is -1.85. The van der Waals surface area contributed by atoms with Gasteiger partial charge in [-0.2, -0.15) is 0 Å². The molecule has 3 heterocycles. The van der Waals surface area contributed by atoms with Crippen molar-refractivity contribution in [3.8, 4) is 0 Å². The lowest BCUT2D eigenvalue weighted by molar-refractivity contribution is -0.131. The summed E-state index contributed by atoms with van der Waals surface area (Å²) in [5, 5.41) is 9.01. The molecule has 3 fully saturated rings. The molecule has 2 aliphatic heterocycles.